The van der Waals surface area contributed by atoms with Crippen LogP contribution in [-0.4, -0.2) is 73.4 Å². The van der Waals surface area contributed by atoms with Crippen molar-refractivity contribution in [3.8, 4) is 5.88 Å². The first-order valence-electron chi connectivity index (χ1n) is 7.82. The summed E-state index contributed by atoms with van der Waals surface area (Å²) in [5, 5.41) is 3.05. The lowest BCUT2D eigenvalue weighted by Gasteiger charge is -2.33. The molecule has 2 amide bonds. The molecule has 2 fully saturated rings. The van der Waals surface area contributed by atoms with Crippen LogP contribution < -0.4 is 15.0 Å². The molecule has 0 saturated carbocycles. The Labute approximate surface area is 135 Å². The number of carbonyl (C=O) groups excluding carboxylic acids is 1. The Morgan fingerprint density at radius 1 is 1.48 bits per heavy atom. The van der Waals surface area contributed by atoms with Gasteiger partial charge in [0.2, 0.25) is 5.88 Å². The van der Waals surface area contributed by atoms with Crippen molar-refractivity contribution in [1.29, 1.82) is 0 Å². The second kappa shape index (κ2) is 6.57. The van der Waals surface area contributed by atoms with Gasteiger partial charge in [-0.05, 0) is 12.8 Å². The minimum Gasteiger partial charge on any atom is -0.481 e. The van der Waals surface area contributed by atoms with Crippen LogP contribution in [0.5, 0.6) is 5.88 Å². The van der Waals surface area contributed by atoms with E-state index in [-0.39, 0.29) is 24.2 Å². The third kappa shape index (κ3) is 3.17. The Balaban J connectivity index is 1.81. The average molecular weight is 321 g/mol. The SMILES string of the molecule is COc1cc(N2C[C@@H](NC(=O)N(C)C)[C@H]3OCCC[C@H]32)ncn1. The minimum atomic E-state index is -0.106. The van der Waals surface area contributed by atoms with Crippen LogP contribution in [0.4, 0.5) is 10.6 Å². The van der Waals surface area contributed by atoms with Gasteiger partial charge in [0.25, 0.3) is 0 Å². The summed E-state index contributed by atoms with van der Waals surface area (Å²) >= 11 is 0. The van der Waals surface area contributed by atoms with E-state index in [0.29, 0.717) is 12.4 Å². The Hall–Kier alpha value is -2.09. The molecule has 2 aliphatic rings. The van der Waals surface area contributed by atoms with E-state index in [1.54, 1.807) is 21.2 Å². The summed E-state index contributed by atoms with van der Waals surface area (Å²) in [6.45, 7) is 1.39. The molecule has 8 heteroatoms. The van der Waals surface area contributed by atoms with Crippen molar-refractivity contribution < 1.29 is 14.3 Å². The van der Waals surface area contributed by atoms with E-state index >= 15 is 0 Å². The summed E-state index contributed by atoms with van der Waals surface area (Å²) < 4.78 is 11.1. The second-order valence-electron chi connectivity index (χ2n) is 6.07. The molecule has 0 spiro atoms. The van der Waals surface area contributed by atoms with Crippen molar-refractivity contribution in [3.05, 3.63) is 12.4 Å². The van der Waals surface area contributed by atoms with E-state index in [1.165, 1.54) is 11.2 Å². The summed E-state index contributed by atoms with van der Waals surface area (Å²) in [5.74, 6) is 1.34. The largest absolute Gasteiger partial charge is 0.481 e. The predicted octanol–water partition coefficient (Wildman–Crippen LogP) is 0.493. The van der Waals surface area contributed by atoms with Crippen LogP contribution in [0.2, 0.25) is 0 Å². The van der Waals surface area contributed by atoms with Gasteiger partial charge in [0, 0.05) is 33.3 Å². The van der Waals surface area contributed by atoms with Crippen LogP contribution >= 0.6 is 0 Å². The molecule has 23 heavy (non-hydrogen) atoms. The van der Waals surface area contributed by atoms with Gasteiger partial charge in [-0.15, -0.1) is 0 Å². The average Bonchev–Trinajstić information content (AvgIpc) is 2.93. The number of hydrogen-bond donors (Lipinski definition) is 1. The molecule has 126 valence electrons. The molecule has 3 heterocycles. The van der Waals surface area contributed by atoms with Crippen molar-refractivity contribution in [2.75, 3.05) is 39.3 Å². The number of ether oxygens (including phenoxy) is 2. The molecule has 0 radical (unpaired) electrons. The first-order chi connectivity index (χ1) is 11.1. The zero-order valence-corrected chi connectivity index (χ0v) is 13.7. The number of nitrogens with zero attached hydrogens (tertiary/aromatic N) is 4. The highest BCUT2D eigenvalue weighted by molar-refractivity contribution is 5.74. The Morgan fingerprint density at radius 2 is 2.30 bits per heavy atom. The quantitative estimate of drug-likeness (QED) is 0.873. The molecule has 8 nitrogen and oxygen atoms in total. The summed E-state index contributed by atoms with van der Waals surface area (Å²) in [6, 6.07) is 1.86. The van der Waals surface area contributed by atoms with Crippen LogP contribution in [-0.2, 0) is 4.74 Å². The van der Waals surface area contributed by atoms with Crippen molar-refractivity contribution in [1.82, 2.24) is 20.2 Å². The second-order valence-corrected chi connectivity index (χ2v) is 6.07. The van der Waals surface area contributed by atoms with Crippen molar-refractivity contribution >= 4 is 11.8 Å². The minimum absolute atomic E-state index is 0.0198. The number of carbonyl (C=O) groups is 1. The van der Waals surface area contributed by atoms with E-state index in [4.69, 9.17) is 9.47 Å². The predicted molar refractivity (Wildman–Crippen MR) is 84.7 cm³/mol. The van der Waals surface area contributed by atoms with E-state index in [2.05, 4.69) is 20.2 Å². The highest BCUT2D eigenvalue weighted by Gasteiger charge is 2.45. The molecular formula is C15H23N5O3. The lowest BCUT2D eigenvalue weighted by atomic mass is 10.0. The van der Waals surface area contributed by atoms with Gasteiger partial charge in [0.1, 0.15) is 12.1 Å². The molecule has 0 aliphatic carbocycles. The Bertz CT molecular complexity index is 568. The van der Waals surface area contributed by atoms with E-state index in [0.717, 1.165) is 25.3 Å². The number of rotatable bonds is 3. The van der Waals surface area contributed by atoms with E-state index < -0.39 is 0 Å². The number of aromatic nitrogens is 2. The normalized spacial score (nSPS) is 26.6. The number of hydrogen-bond acceptors (Lipinski definition) is 6. The molecule has 0 aromatic carbocycles. The standard InChI is InChI=1S/C15H23N5O3/c1-19(2)15(21)18-10-8-20(11-5-4-6-23-14(10)11)12-7-13(22-3)17-9-16-12/h7,9-11,14H,4-6,8H2,1-3H3,(H,18,21)/t10-,11-,14-/m1/s1. The zero-order valence-electron chi connectivity index (χ0n) is 13.7. The summed E-state index contributed by atoms with van der Waals surface area (Å²) in [6.07, 6.45) is 3.51. The monoisotopic (exact) mass is 321 g/mol. The van der Waals surface area contributed by atoms with Crippen molar-refractivity contribution in [2.24, 2.45) is 0 Å². The molecule has 1 aromatic heterocycles. The Morgan fingerprint density at radius 3 is 3.04 bits per heavy atom. The smallest absolute Gasteiger partial charge is 0.317 e. The van der Waals surface area contributed by atoms with Crippen LogP contribution in [0, 0.1) is 0 Å². The van der Waals surface area contributed by atoms with Gasteiger partial charge in [0.15, 0.2) is 0 Å². The van der Waals surface area contributed by atoms with Gasteiger partial charge in [0.05, 0.1) is 25.3 Å². The summed E-state index contributed by atoms with van der Waals surface area (Å²) in [4.78, 5) is 24.2. The van der Waals surface area contributed by atoms with Crippen LogP contribution in [0.25, 0.3) is 0 Å². The lowest BCUT2D eigenvalue weighted by molar-refractivity contribution is 0.00162. The van der Waals surface area contributed by atoms with Gasteiger partial charge in [-0.25, -0.2) is 14.8 Å². The van der Waals surface area contributed by atoms with Crippen molar-refractivity contribution in [3.63, 3.8) is 0 Å². The molecular weight excluding hydrogens is 298 g/mol. The molecule has 3 atom stereocenters. The Kier molecular flexibility index (Phi) is 4.51. The third-order valence-corrected chi connectivity index (χ3v) is 4.37. The number of fused-ring (bicyclic) bond motifs is 1. The number of anilines is 1. The lowest BCUT2D eigenvalue weighted by Crippen LogP contribution is -2.50. The van der Waals surface area contributed by atoms with Gasteiger partial charge in [-0.2, -0.15) is 0 Å². The highest BCUT2D eigenvalue weighted by atomic mass is 16.5. The summed E-state index contributed by atoms with van der Waals surface area (Å²) in [5.41, 5.74) is 0. The molecule has 1 N–H and O–H groups in total. The fourth-order valence-corrected chi connectivity index (χ4v) is 3.23. The third-order valence-electron chi connectivity index (χ3n) is 4.37. The number of methoxy groups -OCH3 is 1. The first-order valence-corrected chi connectivity index (χ1v) is 7.82. The highest BCUT2D eigenvalue weighted by Crippen LogP contribution is 2.33. The maximum atomic E-state index is 12.0. The zero-order chi connectivity index (χ0) is 16.4. The number of amides is 2. The van der Waals surface area contributed by atoms with Crippen LogP contribution in [0.1, 0.15) is 12.8 Å². The van der Waals surface area contributed by atoms with Crippen molar-refractivity contribution in [2.45, 2.75) is 31.0 Å². The molecule has 2 aliphatic heterocycles. The number of urea groups is 1. The van der Waals surface area contributed by atoms with E-state index in [9.17, 15) is 4.79 Å². The first kappa shape index (κ1) is 15.8. The van der Waals surface area contributed by atoms with Gasteiger partial charge < -0.3 is 24.6 Å². The fraction of sp³-hybridized carbons (Fsp3) is 0.667. The number of nitrogens with one attached hydrogen (secondary N) is 1. The molecule has 3 rings (SSSR count). The van der Waals surface area contributed by atoms with Crippen LogP contribution in [0.15, 0.2) is 12.4 Å². The molecule has 0 unspecified atom stereocenters. The maximum absolute atomic E-state index is 12.0. The molecule has 2 saturated heterocycles. The topological polar surface area (TPSA) is 79.8 Å². The summed E-state index contributed by atoms with van der Waals surface area (Å²) in [7, 11) is 5.05. The van der Waals surface area contributed by atoms with Gasteiger partial charge in [-0.1, -0.05) is 0 Å². The van der Waals surface area contributed by atoms with E-state index in [1.807, 2.05) is 6.07 Å². The van der Waals surface area contributed by atoms with Gasteiger partial charge >= 0.3 is 6.03 Å². The maximum Gasteiger partial charge on any atom is 0.317 e. The van der Waals surface area contributed by atoms with Gasteiger partial charge in [-0.3, -0.25) is 0 Å². The molecule has 1 aromatic rings. The fourth-order valence-electron chi connectivity index (χ4n) is 3.23. The van der Waals surface area contributed by atoms with Crippen LogP contribution in [0.3, 0.4) is 0 Å². The molecule has 0 bridgehead atoms.